The quantitative estimate of drug-likeness (QED) is 0.747. The fourth-order valence-corrected chi connectivity index (χ4v) is 3.89. The monoisotopic (exact) mass is 370 g/mol. The maximum Gasteiger partial charge on any atom is 0.258 e. The van der Waals surface area contributed by atoms with E-state index < -0.39 is 10.0 Å². The molecule has 0 bridgehead atoms. The van der Waals surface area contributed by atoms with Crippen molar-refractivity contribution in [1.82, 2.24) is 9.38 Å². The van der Waals surface area contributed by atoms with E-state index in [0.29, 0.717) is 17.9 Å². The van der Waals surface area contributed by atoms with Gasteiger partial charge in [0, 0.05) is 24.5 Å². The Bertz CT molecular complexity index is 1180. The number of primary sulfonamides is 1. The Labute approximate surface area is 150 Å². The van der Waals surface area contributed by atoms with Crippen molar-refractivity contribution < 1.29 is 8.42 Å². The molecule has 7 nitrogen and oxygen atoms in total. The van der Waals surface area contributed by atoms with Gasteiger partial charge in [0.1, 0.15) is 5.65 Å². The number of sulfonamides is 1. The van der Waals surface area contributed by atoms with Crippen LogP contribution in [0.5, 0.6) is 0 Å². The van der Waals surface area contributed by atoms with Gasteiger partial charge < -0.3 is 4.90 Å². The molecule has 26 heavy (non-hydrogen) atoms. The minimum absolute atomic E-state index is 0.113. The maximum absolute atomic E-state index is 12.3. The lowest BCUT2D eigenvalue weighted by Crippen LogP contribution is -2.23. The van der Waals surface area contributed by atoms with E-state index in [2.05, 4.69) is 9.88 Å². The number of rotatable bonds is 3. The van der Waals surface area contributed by atoms with Crippen LogP contribution in [0.25, 0.3) is 5.65 Å². The molecule has 0 fully saturated rings. The van der Waals surface area contributed by atoms with E-state index in [9.17, 15) is 13.2 Å². The van der Waals surface area contributed by atoms with Crippen LogP contribution >= 0.6 is 0 Å². The van der Waals surface area contributed by atoms with Crippen LogP contribution in [0.15, 0.2) is 52.3 Å². The normalized spacial score (nSPS) is 14.0. The van der Waals surface area contributed by atoms with Crippen molar-refractivity contribution in [2.45, 2.75) is 24.8 Å². The van der Waals surface area contributed by atoms with Gasteiger partial charge in [-0.3, -0.25) is 9.20 Å². The van der Waals surface area contributed by atoms with Crippen LogP contribution in [0.4, 0.5) is 5.69 Å². The molecule has 0 atom stereocenters. The minimum atomic E-state index is -3.71. The van der Waals surface area contributed by atoms with Gasteiger partial charge in [-0.25, -0.2) is 18.5 Å². The summed E-state index contributed by atoms with van der Waals surface area (Å²) in [7, 11) is -3.71. The zero-order valence-corrected chi connectivity index (χ0v) is 15.0. The summed E-state index contributed by atoms with van der Waals surface area (Å²) in [5.41, 5.74) is 4.06. The molecule has 3 heterocycles. The summed E-state index contributed by atoms with van der Waals surface area (Å²) < 4.78 is 24.6. The summed E-state index contributed by atoms with van der Waals surface area (Å²) in [6, 6.07) is 10.2. The van der Waals surface area contributed by atoms with Crippen LogP contribution in [0.3, 0.4) is 0 Å². The number of anilines is 1. The molecular formula is C18H18N4O3S. The van der Waals surface area contributed by atoms with Crippen LogP contribution in [-0.4, -0.2) is 24.3 Å². The molecule has 0 saturated carbocycles. The van der Waals surface area contributed by atoms with Gasteiger partial charge >= 0.3 is 0 Å². The third kappa shape index (κ3) is 2.97. The molecule has 0 amide bonds. The van der Waals surface area contributed by atoms with Gasteiger partial charge in [-0.1, -0.05) is 6.07 Å². The predicted octanol–water partition coefficient (Wildman–Crippen LogP) is 1.21. The third-order valence-electron chi connectivity index (χ3n) is 4.58. The van der Waals surface area contributed by atoms with Crippen LogP contribution in [0, 0.1) is 6.92 Å². The summed E-state index contributed by atoms with van der Waals surface area (Å²) in [6.07, 6.45) is 2.50. The zero-order chi connectivity index (χ0) is 18.5. The van der Waals surface area contributed by atoms with E-state index in [1.54, 1.807) is 24.4 Å². The van der Waals surface area contributed by atoms with Crippen LogP contribution in [0.2, 0.25) is 0 Å². The van der Waals surface area contributed by atoms with Crippen molar-refractivity contribution in [3.8, 4) is 0 Å². The molecule has 1 aromatic carbocycles. The van der Waals surface area contributed by atoms with Crippen LogP contribution < -0.4 is 15.6 Å². The Morgan fingerprint density at radius 3 is 2.77 bits per heavy atom. The Morgan fingerprint density at radius 1 is 1.19 bits per heavy atom. The second-order valence-electron chi connectivity index (χ2n) is 6.53. The van der Waals surface area contributed by atoms with Gasteiger partial charge in [-0.2, -0.15) is 0 Å². The topological polar surface area (TPSA) is 97.8 Å². The van der Waals surface area contributed by atoms with Crippen molar-refractivity contribution in [2.24, 2.45) is 5.14 Å². The highest BCUT2D eigenvalue weighted by molar-refractivity contribution is 7.89. The molecule has 4 rings (SSSR count). The summed E-state index contributed by atoms with van der Waals surface area (Å²) >= 11 is 0. The summed E-state index contributed by atoms with van der Waals surface area (Å²) in [6.45, 7) is 3.15. The molecule has 2 aromatic heterocycles. The summed E-state index contributed by atoms with van der Waals surface area (Å²) in [5.74, 6) is 0. The SMILES string of the molecule is Cc1ccc2nc(CN3CCc4cc(S(N)(=O)=O)ccc43)cc(=O)n2c1. The van der Waals surface area contributed by atoms with Gasteiger partial charge in [0.15, 0.2) is 0 Å². The average molecular weight is 370 g/mol. The highest BCUT2D eigenvalue weighted by atomic mass is 32.2. The van der Waals surface area contributed by atoms with Crippen molar-refractivity contribution in [2.75, 3.05) is 11.4 Å². The van der Waals surface area contributed by atoms with Gasteiger partial charge in [0.2, 0.25) is 10.0 Å². The molecule has 134 valence electrons. The first-order valence-corrected chi connectivity index (χ1v) is 9.75. The molecule has 0 aliphatic carbocycles. The molecule has 1 aliphatic rings. The first-order chi connectivity index (χ1) is 12.3. The highest BCUT2D eigenvalue weighted by Crippen LogP contribution is 2.30. The van der Waals surface area contributed by atoms with Crippen molar-refractivity contribution in [3.63, 3.8) is 0 Å². The fourth-order valence-electron chi connectivity index (χ4n) is 3.32. The summed E-state index contributed by atoms with van der Waals surface area (Å²) in [5, 5.41) is 5.20. The second-order valence-corrected chi connectivity index (χ2v) is 8.09. The van der Waals surface area contributed by atoms with Gasteiger partial charge in [0.25, 0.3) is 5.56 Å². The van der Waals surface area contributed by atoms with E-state index in [4.69, 9.17) is 5.14 Å². The highest BCUT2D eigenvalue weighted by Gasteiger charge is 2.22. The Balaban J connectivity index is 1.67. The minimum Gasteiger partial charge on any atom is -0.365 e. The lowest BCUT2D eigenvalue weighted by molar-refractivity contribution is 0.597. The smallest absolute Gasteiger partial charge is 0.258 e. The molecule has 3 aromatic rings. The first-order valence-electron chi connectivity index (χ1n) is 8.21. The fraction of sp³-hybridized carbons (Fsp3) is 0.222. The number of hydrogen-bond donors (Lipinski definition) is 1. The number of nitrogens with zero attached hydrogens (tertiary/aromatic N) is 3. The molecule has 0 radical (unpaired) electrons. The third-order valence-corrected chi connectivity index (χ3v) is 5.50. The van der Waals surface area contributed by atoms with Crippen molar-refractivity contribution in [3.05, 3.63) is 69.8 Å². The Kier molecular flexibility index (Phi) is 3.82. The molecule has 8 heteroatoms. The lowest BCUT2D eigenvalue weighted by Gasteiger charge is -2.19. The number of fused-ring (bicyclic) bond motifs is 2. The Morgan fingerprint density at radius 2 is 2.00 bits per heavy atom. The van der Waals surface area contributed by atoms with Crippen molar-refractivity contribution >= 4 is 21.4 Å². The Hall–Kier alpha value is -2.71. The van der Waals surface area contributed by atoms with E-state index in [1.807, 2.05) is 19.1 Å². The van der Waals surface area contributed by atoms with E-state index >= 15 is 0 Å². The molecule has 0 unspecified atom stereocenters. The predicted molar refractivity (Wildman–Crippen MR) is 98.8 cm³/mol. The molecular weight excluding hydrogens is 352 g/mol. The van der Waals surface area contributed by atoms with Gasteiger partial charge in [-0.15, -0.1) is 0 Å². The number of aryl methyl sites for hydroxylation is 1. The van der Waals surface area contributed by atoms with E-state index in [0.717, 1.165) is 29.8 Å². The number of hydrogen-bond acceptors (Lipinski definition) is 5. The van der Waals surface area contributed by atoms with Crippen LogP contribution in [-0.2, 0) is 23.0 Å². The lowest BCUT2D eigenvalue weighted by atomic mass is 10.2. The molecule has 0 saturated heterocycles. The number of aromatic nitrogens is 2. The average Bonchev–Trinajstić information content (AvgIpc) is 2.97. The van der Waals surface area contributed by atoms with Gasteiger partial charge in [-0.05, 0) is 48.7 Å². The summed E-state index contributed by atoms with van der Waals surface area (Å²) in [4.78, 5) is 19.1. The zero-order valence-electron chi connectivity index (χ0n) is 14.2. The molecule has 1 aliphatic heterocycles. The van der Waals surface area contributed by atoms with Gasteiger partial charge in [0.05, 0.1) is 17.1 Å². The van der Waals surface area contributed by atoms with E-state index in [1.165, 1.54) is 10.5 Å². The number of pyridine rings is 1. The largest absolute Gasteiger partial charge is 0.365 e. The maximum atomic E-state index is 12.3. The second kappa shape index (κ2) is 5.93. The standard InChI is InChI=1S/C18H18N4O3S/c1-12-2-5-17-20-14(9-18(23)22(17)10-12)11-21-7-6-13-8-15(26(19,24)25)3-4-16(13)21/h2-5,8-10H,6-7,11H2,1H3,(H2,19,24,25). The van der Waals surface area contributed by atoms with E-state index in [-0.39, 0.29) is 10.5 Å². The van der Waals surface area contributed by atoms with Crippen molar-refractivity contribution in [1.29, 1.82) is 0 Å². The molecule has 2 N–H and O–H groups in total. The number of benzene rings is 1. The first kappa shape index (κ1) is 16.7. The molecule has 0 spiro atoms. The van der Waals surface area contributed by atoms with Crippen LogP contribution in [0.1, 0.15) is 16.8 Å². The number of nitrogens with two attached hydrogens (primary N) is 1.